The van der Waals surface area contributed by atoms with E-state index in [1.165, 1.54) is 0 Å². The fourth-order valence-electron chi connectivity index (χ4n) is 2.42. The van der Waals surface area contributed by atoms with Crippen LogP contribution in [0.1, 0.15) is 12.0 Å². The second-order valence-corrected chi connectivity index (χ2v) is 5.68. The highest BCUT2D eigenvalue weighted by molar-refractivity contribution is 5.92. The fourth-order valence-corrected chi connectivity index (χ4v) is 2.42. The average molecular weight is 351 g/mol. The fraction of sp³-hybridized carbons (Fsp3) is 0.250. The SMILES string of the molecule is C#CCOc1ccc(CN=C(N)Nc2ccc3c(c2)OCCCO3)cc1. The Morgan fingerprint density at radius 2 is 1.92 bits per heavy atom. The molecule has 1 aliphatic heterocycles. The van der Waals surface area contributed by atoms with Gasteiger partial charge in [-0.3, -0.25) is 0 Å². The van der Waals surface area contributed by atoms with Gasteiger partial charge in [0, 0.05) is 18.2 Å². The molecular formula is C20H21N3O3. The van der Waals surface area contributed by atoms with E-state index in [4.69, 9.17) is 26.4 Å². The van der Waals surface area contributed by atoms with Crippen molar-refractivity contribution in [1.29, 1.82) is 0 Å². The Morgan fingerprint density at radius 1 is 1.15 bits per heavy atom. The Balaban J connectivity index is 1.58. The maximum absolute atomic E-state index is 5.98. The molecule has 0 fully saturated rings. The molecule has 3 rings (SSSR count). The van der Waals surface area contributed by atoms with Gasteiger partial charge >= 0.3 is 0 Å². The van der Waals surface area contributed by atoms with Gasteiger partial charge < -0.3 is 25.3 Å². The predicted octanol–water partition coefficient (Wildman–Crippen LogP) is 2.79. The summed E-state index contributed by atoms with van der Waals surface area (Å²) in [5, 5.41) is 3.07. The number of nitrogens with zero attached hydrogens (tertiary/aromatic N) is 1. The van der Waals surface area contributed by atoms with E-state index >= 15 is 0 Å². The topological polar surface area (TPSA) is 78.1 Å². The lowest BCUT2D eigenvalue weighted by atomic mass is 10.2. The number of fused-ring (bicyclic) bond motifs is 1. The number of hydrogen-bond donors (Lipinski definition) is 2. The van der Waals surface area contributed by atoms with E-state index in [2.05, 4.69) is 16.2 Å². The van der Waals surface area contributed by atoms with Crippen molar-refractivity contribution in [2.24, 2.45) is 10.7 Å². The molecule has 26 heavy (non-hydrogen) atoms. The van der Waals surface area contributed by atoms with E-state index in [0.717, 1.165) is 29.2 Å². The molecule has 0 saturated carbocycles. The maximum Gasteiger partial charge on any atom is 0.193 e. The highest BCUT2D eigenvalue weighted by atomic mass is 16.5. The smallest absolute Gasteiger partial charge is 0.193 e. The molecule has 6 nitrogen and oxygen atoms in total. The van der Waals surface area contributed by atoms with Crippen LogP contribution < -0.4 is 25.3 Å². The standard InChI is InChI=1S/C20H21N3O3/c1-2-10-24-17-7-4-15(5-8-17)14-22-20(21)23-16-6-9-18-19(13-16)26-12-3-11-25-18/h1,4-9,13H,3,10-12,14H2,(H3,21,22,23). The minimum atomic E-state index is 0.254. The molecule has 0 bridgehead atoms. The zero-order valence-electron chi connectivity index (χ0n) is 14.4. The van der Waals surface area contributed by atoms with Crippen molar-refractivity contribution < 1.29 is 14.2 Å². The summed E-state index contributed by atoms with van der Waals surface area (Å²) >= 11 is 0. The molecular weight excluding hydrogens is 330 g/mol. The molecule has 0 unspecified atom stereocenters. The number of rotatable bonds is 5. The van der Waals surface area contributed by atoms with Gasteiger partial charge in [-0.05, 0) is 29.8 Å². The number of hydrogen-bond acceptors (Lipinski definition) is 4. The summed E-state index contributed by atoms with van der Waals surface area (Å²) in [6, 6.07) is 13.2. The lowest BCUT2D eigenvalue weighted by Crippen LogP contribution is -2.22. The highest BCUT2D eigenvalue weighted by Crippen LogP contribution is 2.32. The number of benzene rings is 2. The Kier molecular flexibility index (Phi) is 5.84. The second kappa shape index (κ2) is 8.67. The van der Waals surface area contributed by atoms with E-state index in [9.17, 15) is 0 Å². The molecule has 1 aliphatic rings. The van der Waals surface area contributed by atoms with Crippen molar-refractivity contribution in [1.82, 2.24) is 0 Å². The molecule has 2 aromatic carbocycles. The van der Waals surface area contributed by atoms with Gasteiger partial charge in [-0.2, -0.15) is 0 Å². The third-order valence-electron chi connectivity index (χ3n) is 3.70. The van der Waals surface area contributed by atoms with Gasteiger partial charge in [0.25, 0.3) is 0 Å². The summed E-state index contributed by atoms with van der Waals surface area (Å²) in [6.07, 6.45) is 6.04. The highest BCUT2D eigenvalue weighted by Gasteiger charge is 2.10. The molecule has 0 atom stereocenters. The van der Waals surface area contributed by atoms with Crippen LogP contribution in [0.4, 0.5) is 5.69 Å². The Labute approximate surface area is 153 Å². The first-order valence-corrected chi connectivity index (χ1v) is 8.36. The van der Waals surface area contributed by atoms with E-state index in [-0.39, 0.29) is 6.61 Å². The zero-order chi connectivity index (χ0) is 18.2. The van der Waals surface area contributed by atoms with Crippen molar-refractivity contribution in [2.75, 3.05) is 25.1 Å². The molecule has 3 N–H and O–H groups in total. The van der Waals surface area contributed by atoms with Crippen LogP contribution in [0.25, 0.3) is 0 Å². The maximum atomic E-state index is 5.98. The first-order chi connectivity index (χ1) is 12.7. The number of nitrogens with one attached hydrogen (secondary N) is 1. The van der Waals surface area contributed by atoms with Crippen LogP contribution in [0.15, 0.2) is 47.5 Å². The van der Waals surface area contributed by atoms with E-state index in [1.54, 1.807) is 0 Å². The number of terminal acetylenes is 1. The summed E-state index contributed by atoms with van der Waals surface area (Å²) < 4.78 is 16.6. The van der Waals surface area contributed by atoms with Gasteiger partial charge in [0.2, 0.25) is 0 Å². The second-order valence-electron chi connectivity index (χ2n) is 5.68. The lowest BCUT2D eigenvalue weighted by Gasteiger charge is -2.10. The molecule has 1 heterocycles. The van der Waals surface area contributed by atoms with Crippen LogP contribution in [0.5, 0.6) is 17.2 Å². The van der Waals surface area contributed by atoms with E-state index in [1.807, 2.05) is 42.5 Å². The third-order valence-corrected chi connectivity index (χ3v) is 3.70. The first kappa shape index (κ1) is 17.5. The molecule has 0 aromatic heterocycles. The minimum absolute atomic E-state index is 0.254. The molecule has 134 valence electrons. The summed E-state index contributed by atoms with van der Waals surface area (Å²) in [7, 11) is 0. The Bertz CT molecular complexity index is 810. The molecule has 0 spiro atoms. The predicted molar refractivity (Wildman–Crippen MR) is 102 cm³/mol. The number of ether oxygens (including phenoxy) is 3. The van der Waals surface area contributed by atoms with E-state index < -0.39 is 0 Å². The number of aliphatic imine (C=N–C) groups is 1. The third kappa shape index (κ3) is 4.84. The number of guanidine groups is 1. The quantitative estimate of drug-likeness (QED) is 0.492. The Hall–Kier alpha value is -3.33. The van der Waals surface area contributed by atoms with Gasteiger partial charge in [-0.15, -0.1) is 6.42 Å². The summed E-state index contributed by atoms with van der Waals surface area (Å²) in [4.78, 5) is 4.35. The monoisotopic (exact) mass is 351 g/mol. The first-order valence-electron chi connectivity index (χ1n) is 8.36. The van der Waals surface area contributed by atoms with Crippen molar-refractivity contribution in [3.8, 4) is 29.6 Å². The molecule has 0 saturated heterocycles. The molecule has 0 radical (unpaired) electrons. The number of anilines is 1. The van der Waals surface area contributed by atoms with Gasteiger partial charge in [0.05, 0.1) is 19.8 Å². The largest absolute Gasteiger partial charge is 0.490 e. The molecule has 0 aliphatic carbocycles. The van der Waals surface area contributed by atoms with Crippen LogP contribution in [0.3, 0.4) is 0 Å². The van der Waals surface area contributed by atoms with Gasteiger partial charge in [0.15, 0.2) is 17.5 Å². The average Bonchev–Trinajstić information content (AvgIpc) is 2.90. The zero-order valence-corrected chi connectivity index (χ0v) is 14.4. The van der Waals surface area contributed by atoms with E-state index in [0.29, 0.717) is 31.5 Å². The Morgan fingerprint density at radius 3 is 2.69 bits per heavy atom. The summed E-state index contributed by atoms with van der Waals surface area (Å²) in [6.45, 7) is 2.01. The normalized spacial score (nSPS) is 13.4. The van der Waals surface area contributed by atoms with Gasteiger partial charge in [0.1, 0.15) is 12.4 Å². The van der Waals surface area contributed by atoms with Crippen molar-refractivity contribution in [3.05, 3.63) is 48.0 Å². The van der Waals surface area contributed by atoms with Gasteiger partial charge in [-0.25, -0.2) is 4.99 Å². The van der Waals surface area contributed by atoms with Crippen molar-refractivity contribution >= 4 is 11.6 Å². The van der Waals surface area contributed by atoms with Crippen molar-refractivity contribution in [3.63, 3.8) is 0 Å². The minimum Gasteiger partial charge on any atom is -0.490 e. The molecule has 0 amide bonds. The molecule has 6 heteroatoms. The van der Waals surface area contributed by atoms with Crippen molar-refractivity contribution in [2.45, 2.75) is 13.0 Å². The van der Waals surface area contributed by atoms with Crippen LogP contribution in [0, 0.1) is 12.3 Å². The summed E-state index contributed by atoms with van der Waals surface area (Å²) in [5.41, 5.74) is 7.79. The van der Waals surface area contributed by atoms with Crippen LogP contribution in [-0.2, 0) is 6.54 Å². The molecule has 2 aromatic rings. The van der Waals surface area contributed by atoms with Gasteiger partial charge in [-0.1, -0.05) is 18.1 Å². The number of nitrogens with two attached hydrogens (primary N) is 1. The summed E-state index contributed by atoms with van der Waals surface area (Å²) in [5.74, 6) is 4.94. The lowest BCUT2D eigenvalue weighted by molar-refractivity contribution is 0.297. The van der Waals surface area contributed by atoms with Crippen LogP contribution in [0.2, 0.25) is 0 Å². The van der Waals surface area contributed by atoms with Crippen LogP contribution >= 0.6 is 0 Å². The van der Waals surface area contributed by atoms with Crippen LogP contribution in [-0.4, -0.2) is 25.8 Å².